The van der Waals surface area contributed by atoms with Crippen LogP contribution in [0.25, 0.3) is 0 Å². The molecule has 1 aliphatic rings. The molecule has 1 heterocycles. The van der Waals surface area contributed by atoms with Crippen molar-refractivity contribution in [1.82, 2.24) is 0 Å². The van der Waals surface area contributed by atoms with Crippen molar-refractivity contribution in [3.05, 3.63) is 64.7 Å². The molecule has 2 atom stereocenters. The van der Waals surface area contributed by atoms with Gasteiger partial charge in [0.05, 0.1) is 12.7 Å². The van der Waals surface area contributed by atoms with Gasteiger partial charge in [0.2, 0.25) is 0 Å². The Morgan fingerprint density at radius 1 is 1.20 bits per heavy atom. The van der Waals surface area contributed by atoms with Gasteiger partial charge < -0.3 is 9.84 Å². The number of hydrogen-bond acceptors (Lipinski definition) is 2. The molecule has 0 bridgehead atoms. The van der Waals surface area contributed by atoms with Crippen LogP contribution in [-0.4, -0.2) is 17.8 Å². The summed E-state index contributed by atoms with van der Waals surface area (Å²) >= 11 is 0. The second-order valence-electron chi connectivity index (χ2n) is 5.66. The number of para-hydroxylation sites is 1. The summed E-state index contributed by atoms with van der Waals surface area (Å²) in [4.78, 5) is 0. The average molecular weight is 268 g/mol. The number of fused-ring (bicyclic) bond motifs is 1. The Morgan fingerprint density at radius 3 is 2.85 bits per heavy atom. The SMILES string of the molecule is Cc1ccc(C)c(CC(O)C2COc3ccccc32)c1. The van der Waals surface area contributed by atoms with Crippen molar-refractivity contribution in [1.29, 1.82) is 0 Å². The molecule has 0 aliphatic carbocycles. The van der Waals surface area contributed by atoms with Crippen LogP contribution in [-0.2, 0) is 6.42 Å². The number of aliphatic hydroxyl groups is 1. The van der Waals surface area contributed by atoms with Gasteiger partial charge in [0, 0.05) is 11.5 Å². The lowest BCUT2D eigenvalue weighted by Gasteiger charge is -2.18. The van der Waals surface area contributed by atoms with Crippen molar-refractivity contribution >= 4 is 0 Å². The first-order chi connectivity index (χ1) is 9.65. The van der Waals surface area contributed by atoms with E-state index < -0.39 is 6.10 Å². The Labute approximate surface area is 120 Å². The summed E-state index contributed by atoms with van der Waals surface area (Å²) in [5.74, 6) is 0.989. The molecule has 0 saturated carbocycles. The van der Waals surface area contributed by atoms with Crippen molar-refractivity contribution in [3.8, 4) is 5.75 Å². The highest BCUT2D eigenvalue weighted by Gasteiger charge is 2.30. The minimum atomic E-state index is -0.404. The molecule has 104 valence electrons. The third-order valence-corrected chi connectivity index (χ3v) is 4.14. The van der Waals surface area contributed by atoms with Crippen molar-refractivity contribution in [2.75, 3.05) is 6.61 Å². The first-order valence-electron chi connectivity index (χ1n) is 7.11. The van der Waals surface area contributed by atoms with E-state index in [-0.39, 0.29) is 5.92 Å². The summed E-state index contributed by atoms with van der Waals surface area (Å²) in [6.45, 7) is 4.76. The first kappa shape index (κ1) is 13.2. The number of rotatable bonds is 3. The number of ether oxygens (including phenoxy) is 1. The molecule has 2 unspecified atom stereocenters. The quantitative estimate of drug-likeness (QED) is 0.924. The fraction of sp³-hybridized carbons (Fsp3) is 0.333. The van der Waals surface area contributed by atoms with E-state index in [9.17, 15) is 5.11 Å². The van der Waals surface area contributed by atoms with Crippen LogP contribution in [0.5, 0.6) is 5.75 Å². The van der Waals surface area contributed by atoms with Crippen molar-refractivity contribution in [2.45, 2.75) is 32.3 Å². The maximum Gasteiger partial charge on any atom is 0.123 e. The van der Waals surface area contributed by atoms with E-state index in [4.69, 9.17) is 4.74 Å². The molecule has 0 aromatic heterocycles. The Balaban J connectivity index is 1.81. The largest absolute Gasteiger partial charge is 0.493 e. The van der Waals surface area contributed by atoms with Gasteiger partial charge in [-0.1, -0.05) is 42.0 Å². The highest BCUT2D eigenvalue weighted by Crippen LogP contribution is 2.36. The molecule has 1 N–H and O–H groups in total. The van der Waals surface area contributed by atoms with Gasteiger partial charge in [-0.05, 0) is 37.5 Å². The van der Waals surface area contributed by atoms with Crippen LogP contribution in [0.15, 0.2) is 42.5 Å². The standard InChI is InChI=1S/C18H20O2/c1-12-7-8-13(2)14(9-12)10-17(19)16-11-20-18-6-4-3-5-15(16)18/h3-9,16-17,19H,10-11H2,1-2H3. The predicted octanol–water partition coefficient (Wildman–Crippen LogP) is 3.38. The van der Waals surface area contributed by atoms with Gasteiger partial charge in [0.1, 0.15) is 5.75 Å². The van der Waals surface area contributed by atoms with Gasteiger partial charge in [-0.2, -0.15) is 0 Å². The molecular formula is C18H20O2. The van der Waals surface area contributed by atoms with Gasteiger partial charge in [-0.25, -0.2) is 0 Å². The molecular weight excluding hydrogens is 248 g/mol. The minimum absolute atomic E-state index is 0.0751. The number of aryl methyl sites for hydroxylation is 2. The van der Waals surface area contributed by atoms with E-state index in [0.717, 1.165) is 11.3 Å². The topological polar surface area (TPSA) is 29.5 Å². The second kappa shape index (κ2) is 5.29. The molecule has 0 amide bonds. The van der Waals surface area contributed by atoms with E-state index in [1.54, 1.807) is 0 Å². The van der Waals surface area contributed by atoms with Gasteiger partial charge >= 0.3 is 0 Å². The van der Waals surface area contributed by atoms with Crippen molar-refractivity contribution in [2.24, 2.45) is 0 Å². The fourth-order valence-corrected chi connectivity index (χ4v) is 2.89. The van der Waals surface area contributed by atoms with Gasteiger partial charge in [0.25, 0.3) is 0 Å². The lowest BCUT2D eigenvalue weighted by Crippen LogP contribution is -2.22. The maximum atomic E-state index is 10.6. The molecule has 0 spiro atoms. The summed E-state index contributed by atoms with van der Waals surface area (Å²) in [7, 11) is 0. The van der Waals surface area contributed by atoms with E-state index in [0.29, 0.717) is 13.0 Å². The van der Waals surface area contributed by atoms with Crippen LogP contribution in [0, 0.1) is 13.8 Å². The van der Waals surface area contributed by atoms with Crippen LogP contribution in [0.1, 0.15) is 28.2 Å². The normalized spacial score (nSPS) is 18.4. The zero-order chi connectivity index (χ0) is 14.1. The highest BCUT2D eigenvalue weighted by atomic mass is 16.5. The molecule has 2 heteroatoms. The number of hydrogen-bond donors (Lipinski definition) is 1. The maximum absolute atomic E-state index is 10.6. The third kappa shape index (κ3) is 2.44. The minimum Gasteiger partial charge on any atom is -0.493 e. The Morgan fingerprint density at radius 2 is 2.00 bits per heavy atom. The molecule has 3 rings (SSSR count). The van der Waals surface area contributed by atoms with Crippen LogP contribution >= 0.6 is 0 Å². The zero-order valence-corrected chi connectivity index (χ0v) is 12.0. The summed E-state index contributed by atoms with van der Waals surface area (Å²) in [5, 5.41) is 10.6. The fourth-order valence-electron chi connectivity index (χ4n) is 2.89. The Bertz CT molecular complexity index is 619. The Kier molecular flexibility index (Phi) is 3.49. The lowest BCUT2D eigenvalue weighted by molar-refractivity contribution is 0.129. The van der Waals surface area contributed by atoms with Crippen molar-refractivity contribution < 1.29 is 9.84 Å². The number of aliphatic hydroxyl groups excluding tert-OH is 1. The molecule has 2 aromatic rings. The smallest absolute Gasteiger partial charge is 0.123 e. The Hall–Kier alpha value is -1.80. The number of benzene rings is 2. The first-order valence-corrected chi connectivity index (χ1v) is 7.11. The highest BCUT2D eigenvalue weighted by molar-refractivity contribution is 5.41. The van der Waals surface area contributed by atoms with Crippen LogP contribution in [0.4, 0.5) is 0 Å². The van der Waals surface area contributed by atoms with Crippen LogP contribution in [0.2, 0.25) is 0 Å². The molecule has 2 aromatic carbocycles. The molecule has 20 heavy (non-hydrogen) atoms. The zero-order valence-electron chi connectivity index (χ0n) is 12.0. The lowest BCUT2D eigenvalue weighted by atomic mass is 9.89. The summed E-state index contributed by atoms with van der Waals surface area (Å²) in [6.07, 6.45) is 0.273. The van der Waals surface area contributed by atoms with Crippen LogP contribution in [0.3, 0.4) is 0 Å². The summed E-state index contributed by atoms with van der Waals surface area (Å²) in [5.41, 5.74) is 4.83. The molecule has 0 radical (unpaired) electrons. The molecule has 1 aliphatic heterocycles. The monoisotopic (exact) mass is 268 g/mol. The molecule has 0 fully saturated rings. The van der Waals surface area contributed by atoms with E-state index >= 15 is 0 Å². The van der Waals surface area contributed by atoms with Gasteiger partial charge in [-0.3, -0.25) is 0 Å². The molecule has 2 nitrogen and oxygen atoms in total. The third-order valence-electron chi connectivity index (χ3n) is 4.14. The predicted molar refractivity (Wildman–Crippen MR) is 80.3 cm³/mol. The van der Waals surface area contributed by atoms with E-state index in [1.165, 1.54) is 16.7 Å². The molecule has 0 saturated heterocycles. The van der Waals surface area contributed by atoms with Gasteiger partial charge in [-0.15, -0.1) is 0 Å². The summed E-state index contributed by atoms with van der Waals surface area (Å²) < 4.78 is 5.66. The van der Waals surface area contributed by atoms with Crippen molar-refractivity contribution in [3.63, 3.8) is 0 Å². The van der Waals surface area contributed by atoms with Crippen LogP contribution < -0.4 is 4.74 Å². The van der Waals surface area contributed by atoms with E-state index in [2.05, 4.69) is 38.1 Å². The van der Waals surface area contributed by atoms with E-state index in [1.807, 2.05) is 18.2 Å². The summed E-state index contributed by atoms with van der Waals surface area (Å²) in [6, 6.07) is 14.4. The average Bonchev–Trinajstić information content (AvgIpc) is 2.87. The van der Waals surface area contributed by atoms with Gasteiger partial charge in [0.15, 0.2) is 0 Å². The second-order valence-corrected chi connectivity index (χ2v) is 5.66.